The van der Waals surface area contributed by atoms with Crippen molar-refractivity contribution in [3.8, 4) is 0 Å². The first-order chi connectivity index (χ1) is 10.6. The lowest BCUT2D eigenvalue weighted by Crippen LogP contribution is -2.23. The summed E-state index contributed by atoms with van der Waals surface area (Å²) in [7, 11) is -3.52. The summed E-state index contributed by atoms with van der Waals surface area (Å²) in [5, 5.41) is 7.73. The largest absolute Gasteiger partial charge is 0.385 e. The summed E-state index contributed by atoms with van der Waals surface area (Å²) in [6, 6.07) is 9.98. The molecule has 2 rings (SSSR count). The lowest BCUT2D eigenvalue weighted by Gasteiger charge is -2.06. The quantitative estimate of drug-likeness (QED) is 0.707. The molecule has 0 saturated carbocycles. The minimum atomic E-state index is -3.52. The summed E-state index contributed by atoms with van der Waals surface area (Å²) in [5.74, 6) is 1.64. The van der Waals surface area contributed by atoms with Crippen molar-refractivity contribution in [2.45, 2.75) is 10.6 Å². The van der Waals surface area contributed by atoms with Gasteiger partial charge in [0, 0.05) is 24.1 Å². The van der Waals surface area contributed by atoms with Gasteiger partial charge in [-0.05, 0) is 12.1 Å². The molecule has 0 amide bonds. The molecule has 0 atom stereocenters. The molecule has 8 heteroatoms. The zero-order valence-electron chi connectivity index (χ0n) is 11.8. The number of thioether (sulfide) groups is 1. The summed E-state index contributed by atoms with van der Waals surface area (Å²) >= 11 is 1.65. The van der Waals surface area contributed by atoms with E-state index in [1.165, 1.54) is 18.4 Å². The zero-order chi connectivity index (χ0) is 15.8. The van der Waals surface area contributed by atoms with E-state index in [-0.39, 0.29) is 10.7 Å². The average molecular weight is 339 g/mol. The van der Waals surface area contributed by atoms with Crippen molar-refractivity contribution in [1.82, 2.24) is 10.5 Å². The molecule has 1 aromatic heterocycles. The normalized spacial score (nSPS) is 12.3. The molecule has 0 fully saturated rings. The first kappa shape index (κ1) is 16.4. The number of nitrogens with zero attached hydrogens (tertiary/aromatic N) is 1. The predicted molar refractivity (Wildman–Crippen MR) is 86.6 cm³/mol. The van der Waals surface area contributed by atoms with Gasteiger partial charge in [-0.1, -0.05) is 23.4 Å². The van der Waals surface area contributed by atoms with Crippen molar-refractivity contribution in [3.63, 3.8) is 0 Å². The Bertz CT molecular complexity index is 698. The third kappa shape index (κ3) is 5.12. The fourth-order valence-corrected chi connectivity index (χ4v) is 3.48. The molecule has 22 heavy (non-hydrogen) atoms. The van der Waals surface area contributed by atoms with Gasteiger partial charge in [0.25, 0.3) is 0 Å². The molecule has 1 aromatic carbocycles. The van der Waals surface area contributed by atoms with E-state index in [1.54, 1.807) is 36.0 Å². The van der Waals surface area contributed by atoms with Gasteiger partial charge in [-0.2, -0.15) is 11.8 Å². The van der Waals surface area contributed by atoms with Crippen LogP contribution in [0.3, 0.4) is 0 Å². The number of nitrogens with two attached hydrogens (primary N) is 1. The van der Waals surface area contributed by atoms with Gasteiger partial charge in [-0.3, -0.25) is 0 Å². The lowest BCUT2D eigenvalue weighted by atomic mass is 10.4. The smallest absolute Gasteiger partial charge is 0.203 e. The number of rotatable bonds is 8. The fraction of sp³-hybridized carbons (Fsp3) is 0.214. The van der Waals surface area contributed by atoms with E-state index in [1.807, 2.05) is 0 Å². The summed E-state index contributed by atoms with van der Waals surface area (Å²) in [6.45, 7) is 0.565. The molecule has 0 aliphatic rings. The van der Waals surface area contributed by atoms with Gasteiger partial charge < -0.3 is 15.6 Å². The van der Waals surface area contributed by atoms with Crippen LogP contribution in [0, 0.1) is 0 Å². The maximum Gasteiger partial charge on any atom is 0.203 e. The lowest BCUT2D eigenvalue weighted by molar-refractivity contribution is 0.414. The minimum absolute atomic E-state index is 0.130. The number of hydrogen-bond acceptors (Lipinski definition) is 7. The average Bonchev–Trinajstić information content (AvgIpc) is 3.00. The first-order valence-corrected chi connectivity index (χ1v) is 9.26. The van der Waals surface area contributed by atoms with E-state index in [0.717, 1.165) is 22.6 Å². The van der Waals surface area contributed by atoms with Crippen molar-refractivity contribution in [3.05, 3.63) is 59.6 Å². The second-order valence-corrected chi connectivity index (χ2v) is 7.30. The molecule has 3 N–H and O–H groups in total. The van der Waals surface area contributed by atoms with Gasteiger partial charge >= 0.3 is 0 Å². The van der Waals surface area contributed by atoms with Crippen LogP contribution in [0.1, 0.15) is 5.69 Å². The van der Waals surface area contributed by atoms with Crippen LogP contribution in [0.15, 0.2) is 63.3 Å². The Morgan fingerprint density at radius 1 is 1.32 bits per heavy atom. The number of nitrogens with one attached hydrogen (secondary N) is 1. The van der Waals surface area contributed by atoms with Crippen molar-refractivity contribution in [2.24, 2.45) is 5.73 Å². The summed E-state index contributed by atoms with van der Waals surface area (Å²) < 4.78 is 28.9. The van der Waals surface area contributed by atoms with Gasteiger partial charge in [-0.25, -0.2) is 8.42 Å². The van der Waals surface area contributed by atoms with E-state index in [2.05, 4.69) is 10.5 Å². The Kier molecular flexibility index (Phi) is 5.91. The van der Waals surface area contributed by atoms with Crippen LogP contribution in [0.4, 0.5) is 0 Å². The van der Waals surface area contributed by atoms with Gasteiger partial charge in [0.1, 0.15) is 12.1 Å². The Hall–Kier alpha value is -1.93. The van der Waals surface area contributed by atoms with Crippen molar-refractivity contribution in [1.29, 1.82) is 0 Å². The van der Waals surface area contributed by atoms with Crippen LogP contribution in [0.5, 0.6) is 0 Å². The second kappa shape index (κ2) is 7.90. The molecule has 0 aliphatic carbocycles. The third-order valence-electron chi connectivity index (χ3n) is 2.67. The molecule has 118 valence electrons. The molecule has 2 aromatic rings. The highest BCUT2D eigenvalue weighted by Crippen LogP contribution is 2.12. The molecule has 0 radical (unpaired) electrons. The number of sulfone groups is 1. The second-order valence-electron chi connectivity index (χ2n) is 4.40. The zero-order valence-corrected chi connectivity index (χ0v) is 13.4. The van der Waals surface area contributed by atoms with Crippen LogP contribution in [0.25, 0.3) is 0 Å². The van der Waals surface area contributed by atoms with Crippen LogP contribution in [-0.4, -0.2) is 25.9 Å². The SMILES string of the molecule is N/C(=C/S(=O)(=O)c1ccccc1)NCCSCc1ccon1. The Balaban J connectivity index is 1.78. The highest BCUT2D eigenvalue weighted by atomic mass is 32.2. The third-order valence-corrected chi connectivity index (χ3v) is 5.16. The maximum atomic E-state index is 12.1. The highest BCUT2D eigenvalue weighted by molar-refractivity contribution is 7.98. The molecule has 0 bridgehead atoms. The molecular formula is C14H17N3O3S2. The van der Waals surface area contributed by atoms with E-state index in [9.17, 15) is 8.42 Å². The van der Waals surface area contributed by atoms with Gasteiger partial charge in [-0.15, -0.1) is 0 Å². The van der Waals surface area contributed by atoms with Crippen LogP contribution >= 0.6 is 11.8 Å². The highest BCUT2D eigenvalue weighted by Gasteiger charge is 2.10. The fourth-order valence-electron chi connectivity index (χ4n) is 1.64. The molecule has 0 aliphatic heterocycles. The Morgan fingerprint density at radius 3 is 2.77 bits per heavy atom. The van der Waals surface area contributed by atoms with Crippen LogP contribution in [-0.2, 0) is 15.6 Å². The molecular weight excluding hydrogens is 322 g/mol. The van der Waals surface area contributed by atoms with E-state index in [0.29, 0.717) is 6.54 Å². The van der Waals surface area contributed by atoms with E-state index in [4.69, 9.17) is 10.3 Å². The standard InChI is InChI=1S/C14H17N3O3S2/c15-14(11-22(18,19)13-4-2-1-3-5-13)16-7-9-21-10-12-6-8-20-17-12/h1-6,8,11,16H,7,9-10,15H2/b14-11-. The molecule has 1 heterocycles. The van der Waals surface area contributed by atoms with Gasteiger partial charge in [0.05, 0.1) is 16.0 Å². The Morgan fingerprint density at radius 2 is 2.09 bits per heavy atom. The molecule has 0 spiro atoms. The number of aromatic nitrogens is 1. The van der Waals surface area contributed by atoms with Crippen LogP contribution < -0.4 is 11.1 Å². The molecule has 0 saturated heterocycles. The monoisotopic (exact) mass is 339 g/mol. The minimum Gasteiger partial charge on any atom is -0.385 e. The van der Waals surface area contributed by atoms with Crippen molar-refractivity contribution in [2.75, 3.05) is 12.3 Å². The topological polar surface area (TPSA) is 98.2 Å². The van der Waals surface area contributed by atoms with Gasteiger partial charge in [0.2, 0.25) is 9.84 Å². The van der Waals surface area contributed by atoms with E-state index < -0.39 is 9.84 Å². The van der Waals surface area contributed by atoms with E-state index >= 15 is 0 Å². The summed E-state index contributed by atoms with van der Waals surface area (Å²) in [5.41, 5.74) is 6.58. The molecule has 6 nitrogen and oxygen atoms in total. The van der Waals surface area contributed by atoms with Crippen molar-refractivity contribution >= 4 is 21.6 Å². The van der Waals surface area contributed by atoms with Crippen LogP contribution in [0.2, 0.25) is 0 Å². The van der Waals surface area contributed by atoms with Gasteiger partial charge in [0.15, 0.2) is 0 Å². The summed E-state index contributed by atoms with van der Waals surface area (Å²) in [6.07, 6.45) is 1.53. The van der Waals surface area contributed by atoms with Crippen molar-refractivity contribution < 1.29 is 12.9 Å². The maximum absolute atomic E-state index is 12.1. The number of benzene rings is 1. The number of hydrogen-bond donors (Lipinski definition) is 2. The molecule has 0 unspecified atom stereocenters. The summed E-state index contributed by atoms with van der Waals surface area (Å²) in [4.78, 5) is 0.222. The first-order valence-electron chi connectivity index (χ1n) is 6.56. The predicted octanol–water partition coefficient (Wildman–Crippen LogP) is 1.73. The Labute approximate surface area is 133 Å².